The molecule has 0 aromatic heterocycles. The number of rotatable bonds is 11. The summed E-state index contributed by atoms with van der Waals surface area (Å²) in [5, 5.41) is 22.9. The van der Waals surface area contributed by atoms with E-state index in [2.05, 4.69) is 18.5 Å². The monoisotopic (exact) mass is 571 g/mol. The number of ketones is 2. The Hall–Kier alpha value is -3.11. The highest BCUT2D eigenvalue weighted by Gasteiger charge is 2.47. The van der Waals surface area contributed by atoms with Gasteiger partial charge in [0.1, 0.15) is 0 Å². The van der Waals surface area contributed by atoms with Crippen LogP contribution in [0.25, 0.3) is 0 Å². The summed E-state index contributed by atoms with van der Waals surface area (Å²) in [5.41, 5.74) is 0.185. The molecule has 226 valence electrons. The second-order valence-electron chi connectivity index (χ2n) is 11.4. The van der Waals surface area contributed by atoms with E-state index in [9.17, 15) is 24.6 Å². The van der Waals surface area contributed by atoms with E-state index in [0.717, 1.165) is 12.3 Å². The SMILES string of the molecule is C=C1C(=C)C(=O)C(NC(=O)/C(C)=C\C=C\[C@H](C)[C@@H]2OC(C)(C)O[C@@H]([C@@H](C)[C@H](O)[C@H](C)[C@H](/C=C/O)OC)[C@@H]2C)=CC1=O. The number of carbonyl (C=O) groups is 3. The molecule has 1 saturated heterocycles. The van der Waals surface area contributed by atoms with Crippen molar-refractivity contribution < 1.29 is 38.8 Å². The average Bonchev–Trinajstić information content (AvgIpc) is 2.92. The summed E-state index contributed by atoms with van der Waals surface area (Å²) in [6.07, 6.45) is 6.96. The van der Waals surface area contributed by atoms with Gasteiger partial charge in [-0.15, -0.1) is 0 Å². The van der Waals surface area contributed by atoms with Gasteiger partial charge in [-0.2, -0.15) is 0 Å². The molecule has 0 bridgehead atoms. The van der Waals surface area contributed by atoms with Crippen LogP contribution in [0, 0.1) is 23.7 Å². The summed E-state index contributed by atoms with van der Waals surface area (Å²) in [5.74, 6) is -3.17. The second-order valence-corrected chi connectivity index (χ2v) is 11.4. The Morgan fingerprint density at radius 3 is 2.32 bits per heavy atom. The molecule has 1 fully saturated rings. The standard InChI is InChI=1S/C32H45NO8/c1-17(12-11-13-18(2)31(38)33-24-16-25(35)19(3)20(4)28(24)37)29-23(7)30(41-32(8,9)40-29)22(6)27(36)21(5)26(39-10)14-15-34/h11-17,21-23,26-27,29-30,34,36H,3-4H2,1-2,5-10H3,(H,33,38)/b12-11+,15-14+,18-13-/t17-,21+,22-,23+,26-,27+,29-,30-/m0/s1. The lowest BCUT2D eigenvalue weighted by atomic mass is 9.77. The summed E-state index contributed by atoms with van der Waals surface area (Å²) < 4.78 is 18.0. The third kappa shape index (κ3) is 8.23. The van der Waals surface area contributed by atoms with Crippen molar-refractivity contribution in [2.45, 2.75) is 78.7 Å². The largest absolute Gasteiger partial charge is 0.516 e. The van der Waals surface area contributed by atoms with Crippen molar-refractivity contribution in [2.24, 2.45) is 23.7 Å². The van der Waals surface area contributed by atoms with Crippen LogP contribution in [0.1, 0.15) is 48.5 Å². The van der Waals surface area contributed by atoms with Crippen LogP contribution in [0.2, 0.25) is 0 Å². The smallest absolute Gasteiger partial charge is 0.251 e. The van der Waals surface area contributed by atoms with E-state index < -0.39 is 35.5 Å². The average molecular weight is 572 g/mol. The van der Waals surface area contributed by atoms with Crippen LogP contribution in [0.3, 0.4) is 0 Å². The van der Waals surface area contributed by atoms with Gasteiger partial charge in [0.25, 0.3) is 5.91 Å². The van der Waals surface area contributed by atoms with Gasteiger partial charge >= 0.3 is 0 Å². The lowest BCUT2D eigenvalue weighted by molar-refractivity contribution is -0.336. The van der Waals surface area contributed by atoms with Gasteiger partial charge in [-0.3, -0.25) is 14.4 Å². The summed E-state index contributed by atoms with van der Waals surface area (Å²) in [6, 6.07) is 0. The molecule has 3 N–H and O–H groups in total. The molecule has 2 rings (SSSR count). The van der Waals surface area contributed by atoms with Crippen molar-refractivity contribution in [1.29, 1.82) is 0 Å². The molecule has 1 aliphatic carbocycles. The van der Waals surface area contributed by atoms with Crippen LogP contribution >= 0.6 is 0 Å². The van der Waals surface area contributed by atoms with E-state index >= 15 is 0 Å². The van der Waals surface area contributed by atoms with Crippen LogP contribution in [-0.2, 0) is 28.6 Å². The summed E-state index contributed by atoms with van der Waals surface area (Å²) in [4.78, 5) is 37.0. The maximum Gasteiger partial charge on any atom is 0.251 e. The van der Waals surface area contributed by atoms with Crippen LogP contribution in [-0.4, -0.2) is 65.0 Å². The molecule has 1 aliphatic heterocycles. The van der Waals surface area contributed by atoms with Crippen molar-refractivity contribution in [3.63, 3.8) is 0 Å². The fraction of sp³-hybridized carbons (Fsp3) is 0.531. The van der Waals surface area contributed by atoms with Crippen molar-refractivity contribution in [1.82, 2.24) is 5.32 Å². The zero-order chi connectivity index (χ0) is 31.2. The topological polar surface area (TPSA) is 131 Å². The van der Waals surface area contributed by atoms with Crippen molar-refractivity contribution >= 4 is 17.5 Å². The number of amides is 1. The molecule has 0 aromatic rings. The normalized spacial score (nSPS) is 27.5. The van der Waals surface area contributed by atoms with Gasteiger partial charge in [0.2, 0.25) is 5.78 Å². The number of carbonyl (C=O) groups excluding carboxylic acids is 3. The Labute approximate surface area is 243 Å². The molecule has 8 atom stereocenters. The predicted octanol–water partition coefficient (Wildman–Crippen LogP) is 4.27. The van der Waals surface area contributed by atoms with Crippen molar-refractivity contribution in [3.8, 4) is 0 Å². The second kappa shape index (κ2) is 14.2. The number of hydrogen-bond donors (Lipinski definition) is 3. The van der Waals surface area contributed by atoms with Gasteiger partial charge in [0.15, 0.2) is 11.6 Å². The Kier molecular flexibility index (Phi) is 11.8. The first-order valence-electron chi connectivity index (χ1n) is 13.8. The number of ether oxygens (including phenoxy) is 3. The highest BCUT2D eigenvalue weighted by atomic mass is 16.7. The fourth-order valence-electron chi connectivity index (χ4n) is 5.28. The molecule has 2 aliphatic rings. The highest BCUT2D eigenvalue weighted by Crippen LogP contribution is 2.40. The molecule has 0 spiro atoms. The van der Waals surface area contributed by atoms with Crippen LogP contribution in [0.4, 0.5) is 0 Å². The molecule has 1 amide bonds. The van der Waals surface area contributed by atoms with Gasteiger partial charge < -0.3 is 29.7 Å². The van der Waals surface area contributed by atoms with E-state index in [1.54, 1.807) is 19.1 Å². The Morgan fingerprint density at radius 2 is 1.73 bits per heavy atom. The van der Waals surface area contributed by atoms with Gasteiger partial charge in [-0.1, -0.05) is 59.1 Å². The van der Waals surface area contributed by atoms with Gasteiger partial charge in [-0.05, 0) is 26.8 Å². The zero-order valence-corrected chi connectivity index (χ0v) is 25.3. The number of Topliss-reactive ketones (excluding diaryl/α,β-unsaturated/α-hetero) is 1. The molecule has 9 nitrogen and oxygen atoms in total. The molecule has 1 heterocycles. The summed E-state index contributed by atoms with van der Waals surface area (Å²) >= 11 is 0. The molecule has 0 saturated carbocycles. The number of nitrogens with one attached hydrogen (secondary N) is 1. The lowest BCUT2D eigenvalue weighted by Gasteiger charge is -2.49. The molecule has 41 heavy (non-hydrogen) atoms. The van der Waals surface area contributed by atoms with E-state index in [1.165, 1.54) is 13.2 Å². The fourth-order valence-corrected chi connectivity index (χ4v) is 5.28. The zero-order valence-electron chi connectivity index (χ0n) is 25.3. The number of allylic oxidation sites excluding steroid dienone is 5. The molecular weight excluding hydrogens is 526 g/mol. The first-order valence-corrected chi connectivity index (χ1v) is 13.8. The van der Waals surface area contributed by atoms with Crippen LogP contribution in [0.5, 0.6) is 0 Å². The number of hydrogen-bond acceptors (Lipinski definition) is 8. The van der Waals surface area contributed by atoms with E-state index in [-0.39, 0.29) is 52.7 Å². The lowest BCUT2D eigenvalue weighted by Crippen LogP contribution is -2.56. The summed E-state index contributed by atoms with van der Waals surface area (Å²) in [7, 11) is 1.53. The quantitative estimate of drug-likeness (QED) is 0.190. The third-order valence-electron chi connectivity index (χ3n) is 7.88. The third-order valence-corrected chi connectivity index (χ3v) is 7.88. The molecule has 0 aromatic carbocycles. The van der Waals surface area contributed by atoms with E-state index in [4.69, 9.17) is 14.2 Å². The predicted molar refractivity (Wildman–Crippen MR) is 156 cm³/mol. The minimum Gasteiger partial charge on any atom is -0.516 e. The maximum absolute atomic E-state index is 12.7. The number of aliphatic hydroxyl groups is 2. The first-order chi connectivity index (χ1) is 19.1. The van der Waals surface area contributed by atoms with Gasteiger partial charge in [0, 0.05) is 53.6 Å². The number of aliphatic hydroxyl groups excluding tert-OH is 2. The van der Waals surface area contributed by atoms with Crippen LogP contribution < -0.4 is 5.32 Å². The van der Waals surface area contributed by atoms with Gasteiger partial charge in [0.05, 0.1) is 36.4 Å². The minimum absolute atomic E-state index is 0.0172. The summed E-state index contributed by atoms with van der Waals surface area (Å²) in [6.45, 7) is 20.2. The first kappa shape index (κ1) is 34.1. The molecular formula is C32H45NO8. The van der Waals surface area contributed by atoms with E-state index in [1.807, 2.05) is 47.6 Å². The van der Waals surface area contributed by atoms with Crippen molar-refractivity contribution in [2.75, 3.05) is 7.11 Å². The Morgan fingerprint density at radius 1 is 1.12 bits per heavy atom. The number of methoxy groups -OCH3 is 1. The maximum atomic E-state index is 12.7. The van der Waals surface area contributed by atoms with Gasteiger partial charge in [-0.25, -0.2) is 0 Å². The molecule has 9 heteroatoms. The van der Waals surface area contributed by atoms with Crippen molar-refractivity contribution in [3.05, 3.63) is 72.2 Å². The molecule has 0 unspecified atom stereocenters. The molecule has 0 radical (unpaired) electrons. The van der Waals surface area contributed by atoms with Crippen LogP contribution in [0.15, 0.2) is 72.2 Å². The van der Waals surface area contributed by atoms with E-state index in [0.29, 0.717) is 5.57 Å². The highest BCUT2D eigenvalue weighted by molar-refractivity contribution is 6.27. The Balaban J connectivity index is 2.14. The Bertz CT molecular complexity index is 1160. The minimum atomic E-state index is -0.897.